The summed E-state index contributed by atoms with van der Waals surface area (Å²) >= 11 is 0. The number of likely N-dealkylation sites (tertiary alicyclic amines) is 1. The number of alkyl halides is 3. The van der Waals surface area contributed by atoms with Gasteiger partial charge in [-0.15, -0.1) is 10.2 Å². The van der Waals surface area contributed by atoms with Crippen molar-refractivity contribution in [2.45, 2.75) is 61.5 Å². The minimum absolute atomic E-state index is 0.0284. The molecule has 0 spiro atoms. The SMILES string of the molecule is Cc1nnn(Cc2cc(C(F)(F)F)ccc2CCC(=O)N2CCC(CCS(=O)(=O)c3ccc(S(N)(=O)=O)c(F)c3F)CC2)n1. The van der Waals surface area contributed by atoms with Crippen LogP contribution >= 0.6 is 0 Å². The summed E-state index contributed by atoms with van der Waals surface area (Å²) in [5.74, 6) is -4.20. The van der Waals surface area contributed by atoms with Gasteiger partial charge in [-0.25, -0.2) is 30.8 Å². The molecule has 1 aliphatic rings. The fraction of sp³-hybridized carbons (Fsp3) is 0.462. The number of piperidine rings is 1. The monoisotopic (exact) mass is 664 g/mol. The van der Waals surface area contributed by atoms with E-state index in [1.54, 1.807) is 11.8 Å². The van der Waals surface area contributed by atoms with Crippen LogP contribution in [0.2, 0.25) is 0 Å². The van der Waals surface area contributed by atoms with Gasteiger partial charge in [0, 0.05) is 19.5 Å². The third-order valence-electron chi connectivity index (χ3n) is 7.42. The van der Waals surface area contributed by atoms with Gasteiger partial charge in [0.15, 0.2) is 27.3 Å². The van der Waals surface area contributed by atoms with Crippen molar-refractivity contribution in [2.75, 3.05) is 18.8 Å². The van der Waals surface area contributed by atoms with Crippen LogP contribution in [0.1, 0.15) is 48.2 Å². The second-order valence-corrected chi connectivity index (χ2v) is 14.1. The van der Waals surface area contributed by atoms with Crippen LogP contribution in [0, 0.1) is 24.5 Å². The Kier molecular flexibility index (Phi) is 9.75. The van der Waals surface area contributed by atoms with Crippen LogP contribution in [0.3, 0.4) is 0 Å². The summed E-state index contributed by atoms with van der Waals surface area (Å²) in [6.45, 7) is 2.17. The highest BCUT2D eigenvalue weighted by atomic mass is 32.2. The standard InChI is InChI=1S/C26H29F5N6O5S2/c1-16-33-35-37(34-16)15-19-14-20(26(29,30)31)4-2-18(19)3-7-23(38)36-11-8-17(9-12-36)10-13-43(39,40)21-5-6-22(44(32,41)42)25(28)24(21)27/h2,4-6,14,17H,3,7-13,15H2,1H3,(H2,32,41,42). The molecule has 0 aliphatic carbocycles. The molecular weight excluding hydrogens is 635 g/mol. The molecule has 11 nitrogen and oxygen atoms in total. The number of benzene rings is 2. The second kappa shape index (κ2) is 12.8. The first-order valence-corrected chi connectivity index (χ1v) is 16.6. The lowest BCUT2D eigenvalue weighted by atomic mass is 9.94. The number of nitrogens with zero attached hydrogens (tertiary/aromatic N) is 5. The topological polar surface area (TPSA) is 158 Å². The molecule has 0 atom stereocenters. The van der Waals surface area contributed by atoms with Crippen molar-refractivity contribution in [1.82, 2.24) is 25.1 Å². The number of hydrogen-bond donors (Lipinski definition) is 1. The van der Waals surface area contributed by atoms with Gasteiger partial charge in [0.25, 0.3) is 0 Å². The van der Waals surface area contributed by atoms with Crippen LogP contribution < -0.4 is 5.14 Å². The summed E-state index contributed by atoms with van der Waals surface area (Å²) in [5.41, 5.74) is -0.000367. The molecule has 1 aromatic heterocycles. The first kappa shape index (κ1) is 33.4. The van der Waals surface area contributed by atoms with E-state index < -0.39 is 58.8 Å². The fourth-order valence-corrected chi connectivity index (χ4v) is 7.11. The Morgan fingerprint density at radius 2 is 1.64 bits per heavy atom. The van der Waals surface area contributed by atoms with E-state index in [-0.39, 0.29) is 37.6 Å². The Bertz CT molecular complexity index is 1750. The number of sulfone groups is 1. The van der Waals surface area contributed by atoms with Crippen LogP contribution in [0.4, 0.5) is 22.0 Å². The number of rotatable bonds is 10. The number of nitrogens with two attached hydrogens (primary N) is 1. The second-order valence-electron chi connectivity index (χ2n) is 10.5. The average Bonchev–Trinajstić information content (AvgIpc) is 3.35. The average molecular weight is 665 g/mol. The largest absolute Gasteiger partial charge is 0.416 e. The van der Waals surface area contributed by atoms with Gasteiger partial charge in [0.05, 0.1) is 17.9 Å². The molecule has 1 amide bonds. The molecule has 1 fully saturated rings. The van der Waals surface area contributed by atoms with Crippen molar-refractivity contribution < 1.29 is 43.6 Å². The molecule has 240 valence electrons. The number of aryl methyl sites for hydroxylation is 2. The fourth-order valence-electron chi connectivity index (χ4n) is 5.01. The van der Waals surface area contributed by atoms with Crippen molar-refractivity contribution in [3.63, 3.8) is 0 Å². The van der Waals surface area contributed by atoms with E-state index in [4.69, 9.17) is 5.14 Å². The number of tetrazole rings is 1. The maximum atomic E-state index is 14.4. The van der Waals surface area contributed by atoms with Gasteiger partial charge in [-0.05, 0) is 79.1 Å². The molecule has 2 heterocycles. The summed E-state index contributed by atoms with van der Waals surface area (Å²) in [4.78, 5) is 13.6. The number of carbonyl (C=O) groups excluding carboxylic acids is 1. The van der Waals surface area contributed by atoms with Crippen molar-refractivity contribution in [3.05, 3.63) is 64.5 Å². The zero-order valence-electron chi connectivity index (χ0n) is 23.4. The Hall–Kier alpha value is -3.51. The molecule has 44 heavy (non-hydrogen) atoms. The number of primary sulfonamides is 1. The number of sulfonamides is 1. The third-order valence-corrected chi connectivity index (χ3v) is 10.1. The summed E-state index contributed by atoms with van der Waals surface area (Å²) in [7, 11) is -8.89. The van der Waals surface area contributed by atoms with Crippen molar-refractivity contribution >= 4 is 25.8 Å². The van der Waals surface area contributed by atoms with E-state index in [9.17, 15) is 43.6 Å². The number of halogens is 5. The summed E-state index contributed by atoms with van der Waals surface area (Å²) in [6.07, 6.45) is -3.35. The van der Waals surface area contributed by atoms with E-state index in [0.29, 0.717) is 55.0 Å². The van der Waals surface area contributed by atoms with Gasteiger partial charge >= 0.3 is 6.18 Å². The molecule has 1 aliphatic heterocycles. The lowest BCUT2D eigenvalue weighted by Crippen LogP contribution is -2.39. The Morgan fingerprint density at radius 3 is 2.23 bits per heavy atom. The first-order chi connectivity index (χ1) is 20.5. The Balaban J connectivity index is 1.33. The van der Waals surface area contributed by atoms with Crippen molar-refractivity contribution in [3.8, 4) is 0 Å². The number of carbonyl (C=O) groups is 1. The predicted molar refractivity (Wildman–Crippen MR) is 145 cm³/mol. The van der Waals surface area contributed by atoms with Gasteiger partial charge in [-0.1, -0.05) is 6.07 Å². The predicted octanol–water partition coefficient (Wildman–Crippen LogP) is 3.01. The van der Waals surface area contributed by atoms with E-state index in [1.807, 2.05) is 0 Å². The van der Waals surface area contributed by atoms with Crippen molar-refractivity contribution in [1.29, 1.82) is 0 Å². The Morgan fingerprint density at radius 1 is 1.00 bits per heavy atom. The summed E-state index contributed by atoms with van der Waals surface area (Å²) < 4.78 is 117. The van der Waals surface area contributed by atoms with Crippen LogP contribution in [0.25, 0.3) is 0 Å². The lowest BCUT2D eigenvalue weighted by Gasteiger charge is -2.32. The Labute approximate surface area is 250 Å². The van der Waals surface area contributed by atoms with Gasteiger partial charge in [0.1, 0.15) is 9.79 Å². The maximum Gasteiger partial charge on any atom is 0.416 e. The zero-order valence-corrected chi connectivity index (χ0v) is 25.0. The normalized spacial score (nSPS) is 15.1. The quantitative estimate of drug-likeness (QED) is 0.324. The van der Waals surface area contributed by atoms with Gasteiger partial charge < -0.3 is 4.90 Å². The van der Waals surface area contributed by atoms with Crippen LogP contribution in [0.5, 0.6) is 0 Å². The molecule has 0 bridgehead atoms. The molecule has 1 saturated heterocycles. The molecule has 0 radical (unpaired) electrons. The lowest BCUT2D eigenvalue weighted by molar-refractivity contribution is -0.137. The van der Waals surface area contributed by atoms with Gasteiger partial charge in [-0.3, -0.25) is 4.79 Å². The van der Waals surface area contributed by atoms with Crippen LogP contribution in [-0.4, -0.2) is 66.7 Å². The molecule has 0 unspecified atom stereocenters. The maximum absolute atomic E-state index is 14.4. The summed E-state index contributed by atoms with van der Waals surface area (Å²) in [6, 6.07) is 4.56. The highest BCUT2D eigenvalue weighted by molar-refractivity contribution is 7.91. The van der Waals surface area contributed by atoms with E-state index >= 15 is 0 Å². The van der Waals surface area contributed by atoms with Gasteiger partial charge in [-0.2, -0.15) is 18.0 Å². The molecule has 18 heteroatoms. The van der Waals surface area contributed by atoms with Crippen LogP contribution in [-0.2, 0) is 43.8 Å². The molecular formula is C26H29F5N6O5S2. The van der Waals surface area contributed by atoms with Gasteiger partial charge in [0.2, 0.25) is 15.9 Å². The highest BCUT2D eigenvalue weighted by Crippen LogP contribution is 2.32. The molecule has 2 aromatic carbocycles. The third kappa shape index (κ3) is 7.95. The van der Waals surface area contributed by atoms with E-state index in [2.05, 4.69) is 15.4 Å². The molecule has 2 N–H and O–H groups in total. The van der Waals surface area contributed by atoms with E-state index in [1.165, 1.54) is 10.9 Å². The minimum atomic E-state index is -4.59. The van der Waals surface area contributed by atoms with Crippen molar-refractivity contribution in [2.24, 2.45) is 11.1 Å². The highest BCUT2D eigenvalue weighted by Gasteiger charge is 2.32. The number of amides is 1. The number of aromatic nitrogens is 4. The smallest absolute Gasteiger partial charge is 0.343 e. The number of hydrogen-bond acceptors (Lipinski definition) is 8. The zero-order chi connectivity index (χ0) is 32.4. The molecule has 3 aromatic rings. The molecule has 0 saturated carbocycles. The summed E-state index contributed by atoms with van der Waals surface area (Å²) in [5, 5.41) is 16.4. The first-order valence-electron chi connectivity index (χ1n) is 13.4. The molecule has 4 rings (SSSR count). The minimum Gasteiger partial charge on any atom is -0.343 e. The van der Waals surface area contributed by atoms with Crippen LogP contribution in [0.15, 0.2) is 40.1 Å². The van der Waals surface area contributed by atoms with E-state index in [0.717, 1.165) is 12.1 Å².